The van der Waals surface area contributed by atoms with Gasteiger partial charge in [0.05, 0.1) is 36.0 Å². The van der Waals surface area contributed by atoms with Gasteiger partial charge >= 0.3 is 5.69 Å². The molecule has 1 aliphatic heterocycles. The Kier molecular flexibility index (Phi) is 8.64. The van der Waals surface area contributed by atoms with E-state index >= 15 is 0 Å². The summed E-state index contributed by atoms with van der Waals surface area (Å²) in [5.74, 6) is 0.823. The molecule has 0 N–H and O–H groups in total. The SMILES string of the molecule is CCCCOc1cc([N+](=O)[O-])c(OCCCC)cc1N(C)C[C@@H]1CCCO1. The third-order valence-corrected chi connectivity index (χ3v) is 4.66. The quantitative estimate of drug-likeness (QED) is 0.300. The first-order valence-corrected chi connectivity index (χ1v) is 9.97. The first-order valence-electron chi connectivity index (χ1n) is 9.97. The standard InChI is InChI=1S/C20H32N2O5/c1-4-6-10-26-19-14-18(22(23)24)20(27-11-7-5-2)13-17(19)21(3)15-16-9-8-12-25-16/h13-14,16H,4-12,15H2,1-3H3/t16-/m0/s1. The van der Waals surface area contributed by atoms with Crippen LogP contribution >= 0.6 is 0 Å². The Bertz CT molecular complexity index is 602. The number of likely N-dealkylation sites (N-methyl/N-ethyl adjacent to an activating group) is 1. The van der Waals surface area contributed by atoms with Crippen LogP contribution in [0.3, 0.4) is 0 Å². The van der Waals surface area contributed by atoms with Gasteiger partial charge in [-0.2, -0.15) is 0 Å². The van der Waals surface area contributed by atoms with E-state index < -0.39 is 4.92 Å². The van der Waals surface area contributed by atoms with Crippen LogP contribution in [0, 0.1) is 10.1 Å². The maximum atomic E-state index is 11.5. The number of nitro groups is 1. The molecule has 0 spiro atoms. The average molecular weight is 380 g/mol. The second kappa shape index (κ2) is 11.0. The van der Waals surface area contributed by atoms with Gasteiger partial charge in [0, 0.05) is 26.3 Å². The smallest absolute Gasteiger partial charge is 0.314 e. The normalized spacial score (nSPS) is 16.3. The van der Waals surface area contributed by atoms with Crippen molar-refractivity contribution in [3.63, 3.8) is 0 Å². The van der Waals surface area contributed by atoms with E-state index in [9.17, 15) is 10.1 Å². The van der Waals surface area contributed by atoms with Crippen LogP contribution in [0.4, 0.5) is 11.4 Å². The van der Waals surface area contributed by atoms with Crippen molar-refractivity contribution in [2.45, 2.75) is 58.5 Å². The third kappa shape index (κ3) is 6.27. The van der Waals surface area contributed by atoms with Crippen molar-refractivity contribution in [1.82, 2.24) is 0 Å². The molecule has 2 rings (SSSR count). The predicted octanol–water partition coefficient (Wildman–Crippen LogP) is 4.57. The van der Waals surface area contributed by atoms with Gasteiger partial charge in [-0.05, 0) is 25.7 Å². The highest BCUT2D eigenvalue weighted by Crippen LogP contribution is 2.40. The molecule has 0 saturated carbocycles. The Morgan fingerprint density at radius 3 is 2.41 bits per heavy atom. The van der Waals surface area contributed by atoms with Crippen molar-refractivity contribution in [2.75, 3.05) is 38.3 Å². The molecule has 27 heavy (non-hydrogen) atoms. The number of nitrogens with zero attached hydrogens (tertiary/aromatic N) is 2. The highest BCUT2D eigenvalue weighted by molar-refractivity contribution is 5.68. The second-order valence-corrected chi connectivity index (χ2v) is 6.96. The highest BCUT2D eigenvalue weighted by Gasteiger charge is 2.24. The van der Waals surface area contributed by atoms with Gasteiger partial charge in [0.15, 0.2) is 5.75 Å². The molecule has 1 aliphatic rings. The van der Waals surface area contributed by atoms with E-state index in [1.54, 1.807) is 6.07 Å². The van der Waals surface area contributed by atoms with E-state index in [-0.39, 0.29) is 11.8 Å². The summed E-state index contributed by atoms with van der Waals surface area (Å²) in [6.07, 6.45) is 6.01. The van der Waals surface area contributed by atoms with Crippen LogP contribution in [0.5, 0.6) is 11.5 Å². The van der Waals surface area contributed by atoms with Gasteiger partial charge in [-0.1, -0.05) is 26.7 Å². The van der Waals surface area contributed by atoms with E-state index in [2.05, 4.69) is 13.8 Å². The van der Waals surface area contributed by atoms with Crippen LogP contribution in [0.2, 0.25) is 0 Å². The first-order chi connectivity index (χ1) is 13.1. The highest BCUT2D eigenvalue weighted by atomic mass is 16.6. The van der Waals surface area contributed by atoms with Crippen molar-refractivity contribution < 1.29 is 19.1 Å². The zero-order valence-electron chi connectivity index (χ0n) is 16.7. The molecule has 0 bridgehead atoms. The molecule has 0 aromatic heterocycles. The number of benzene rings is 1. The number of anilines is 1. The van der Waals surface area contributed by atoms with E-state index in [0.29, 0.717) is 24.7 Å². The second-order valence-electron chi connectivity index (χ2n) is 6.96. The maximum Gasteiger partial charge on any atom is 0.314 e. The van der Waals surface area contributed by atoms with Gasteiger partial charge in [-0.25, -0.2) is 0 Å². The number of hydrogen-bond donors (Lipinski definition) is 0. The number of ether oxygens (including phenoxy) is 3. The molecule has 0 aliphatic carbocycles. The van der Waals surface area contributed by atoms with Crippen molar-refractivity contribution in [1.29, 1.82) is 0 Å². The molecule has 1 heterocycles. The lowest BCUT2D eigenvalue weighted by atomic mass is 10.2. The molecule has 7 nitrogen and oxygen atoms in total. The van der Waals surface area contributed by atoms with Crippen LogP contribution in [0.1, 0.15) is 52.4 Å². The van der Waals surface area contributed by atoms with E-state index in [1.807, 2.05) is 11.9 Å². The summed E-state index contributed by atoms with van der Waals surface area (Å²) >= 11 is 0. The maximum absolute atomic E-state index is 11.5. The number of unbranched alkanes of at least 4 members (excludes halogenated alkanes) is 2. The lowest BCUT2D eigenvalue weighted by molar-refractivity contribution is -0.385. The van der Waals surface area contributed by atoms with Crippen LogP contribution in [0.15, 0.2) is 12.1 Å². The van der Waals surface area contributed by atoms with Gasteiger partial charge in [-0.15, -0.1) is 0 Å². The molecular weight excluding hydrogens is 348 g/mol. The molecule has 7 heteroatoms. The van der Waals surface area contributed by atoms with Gasteiger partial charge in [0.1, 0.15) is 5.75 Å². The third-order valence-electron chi connectivity index (χ3n) is 4.66. The lowest BCUT2D eigenvalue weighted by Gasteiger charge is -2.25. The molecule has 1 aromatic rings. The number of rotatable bonds is 12. The average Bonchev–Trinajstić information content (AvgIpc) is 3.15. The molecule has 0 amide bonds. The Morgan fingerprint density at radius 2 is 1.85 bits per heavy atom. The topological polar surface area (TPSA) is 74.1 Å². The van der Waals surface area contributed by atoms with Crippen LogP contribution in [0.25, 0.3) is 0 Å². The fraction of sp³-hybridized carbons (Fsp3) is 0.700. The van der Waals surface area contributed by atoms with Crippen molar-refractivity contribution in [3.05, 3.63) is 22.2 Å². The Balaban J connectivity index is 2.29. The zero-order valence-corrected chi connectivity index (χ0v) is 16.7. The summed E-state index contributed by atoms with van der Waals surface area (Å²) in [7, 11) is 1.96. The number of nitro benzene ring substituents is 1. The summed E-state index contributed by atoms with van der Waals surface area (Å²) in [6, 6.07) is 3.24. The van der Waals surface area contributed by atoms with E-state index in [0.717, 1.165) is 57.4 Å². The molecule has 1 aromatic carbocycles. The molecule has 152 valence electrons. The van der Waals surface area contributed by atoms with Gasteiger partial charge < -0.3 is 19.1 Å². The largest absolute Gasteiger partial charge is 0.491 e. The fourth-order valence-corrected chi connectivity index (χ4v) is 3.06. The zero-order chi connectivity index (χ0) is 19.6. The van der Waals surface area contributed by atoms with Crippen molar-refractivity contribution in [3.8, 4) is 11.5 Å². The lowest BCUT2D eigenvalue weighted by Crippen LogP contribution is -2.29. The van der Waals surface area contributed by atoms with E-state index in [4.69, 9.17) is 14.2 Å². The summed E-state index contributed by atoms with van der Waals surface area (Å²) in [6.45, 7) is 6.65. The Morgan fingerprint density at radius 1 is 1.19 bits per heavy atom. The minimum atomic E-state index is -0.405. The predicted molar refractivity (Wildman–Crippen MR) is 106 cm³/mol. The van der Waals surface area contributed by atoms with Crippen molar-refractivity contribution >= 4 is 11.4 Å². The summed E-state index contributed by atoms with van der Waals surface area (Å²) in [5.41, 5.74) is 0.755. The molecule has 0 unspecified atom stereocenters. The van der Waals surface area contributed by atoms with Gasteiger partial charge in [0.25, 0.3) is 0 Å². The summed E-state index contributed by atoms with van der Waals surface area (Å²) < 4.78 is 17.4. The fourth-order valence-electron chi connectivity index (χ4n) is 3.06. The van der Waals surface area contributed by atoms with Gasteiger partial charge in [0.2, 0.25) is 0 Å². The molecule has 1 atom stereocenters. The molecular formula is C20H32N2O5. The molecule has 1 fully saturated rings. The minimum absolute atomic E-state index is 0.0492. The molecule has 1 saturated heterocycles. The van der Waals surface area contributed by atoms with Crippen LogP contribution < -0.4 is 14.4 Å². The summed E-state index contributed by atoms with van der Waals surface area (Å²) in [4.78, 5) is 13.2. The minimum Gasteiger partial charge on any atom is -0.491 e. The first kappa shape index (κ1) is 21.3. The van der Waals surface area contributed by atoms with E-state index in [1.165, 1.54) is 6.07 Å². The summed E-state index contributed by atoms with van der Waals surface area (Å²) in [5, 5.41) is 11.5. The molecule has 0 radical (unpaired) electrons. The Labute approximate surface area is 161 Å². The van der Waals surface area contributed by atoms with Gasteiger partial charge in [-0.3, -0.25) is 10.1 Å². The van der Waals surface area contributed by atoms with Crippen LogP contribution in [-0.4, -0.2) is 44.4 Å². The number of hydrogen-bond acceptors (Lipinski definition) is 6. The monoisotopic (exact) mass is 380 g/mol. The van der Waals surface area contributed by atoms with Crippen LogP contribution in [-0.2, 0) is 4.74 Å². The Hall–Kier alpha value is -2.02. The van der Waals surface area contributed by atoms with Crippen molar-refractivity contribution in [2.24, 2.45) is 0 Å².